The number of nitrogens with two attached hydrogens (primary N) is 1. The van der Waals surface area contributed by atoms with Crippen molar-refractivity contribution >= 4 is 15.9 Å². The molecule has 2 N–H and O–H groups in total. The number of aryl methyl sites for hydroxylation is 1. The second kappa shape index (κ2) is 4.13. The van der Waals surface area contributed by atoms with Gasteiger partial charge in [0.25, 0.3) is 0 Å². The minimum atomic E-state index is 0.423. The predicted octanol–water partition coefficient (Wildman–Crippen LogP) is 1.95. The van der Waals surface area contributed by atoms with Crippen molar-refractivity contribution < 1.29 is 0 Å². The number of fused-ring (bicyclic) bond motifs is 1. The van der Waals surface area contributed by atoms with Gasteiger partial charge in [0.05, 0.1) is 0 Å². The van der Waals surface area contributed by atoms with Crippen LogP contribution in [0.25, 0.3) is 0 Å². The van der Waals surface area contributed by atoms with Gasteiger partial charge in [-0.2, -0.15) is 0 Å². The summed E-state index contributed by atoms with van der Waals surface area (Å²) in [6.07, 6.45) is 3.71. The lowest BCUT2D eigenvalue weighted by Crippen LogP contribution is -2.60. The van der Waals surface area contributed by atoms with E-state index in [-0.39, 0.29) is 0 Å². The Kier molecular flexibility index (Phi) is 2.78. The summed E-state index contributed by atoms with van der Waals surface area (Å²) in [7, 11) is 0. The molecule has 1 fully saturated rings. The Balaban J connectivity index is 1.74. The molecule has 0 saturated carbocycles. The summed E-state index contributed by atoms with van der Waals surface area (Å²) < 4.78 is 1.20. The summed E-state index contributed by atoms with van der Waals surface area (Å²) in [5.41, 5.74) is 8.89. The molecule has 0 spiro atoms. The Hall–Kier alpha value is -0.380. The van der Waals surface area contributed by atoms with Crippen LogP contribution >= 0.6 is 15.9 Å². The maximum absolute atomic E-state index is 5.84. The minimum absolute atomic E-state index is 0.423. The smallest absolute Gasteiger partial charge is 0.0297 e. The number of rotatable bonds is 1. The van der Waals surface area contributed by atoms with Crippen LogP contribution in [-0.2, 0) is 12.8 Å². The molecule has 86 valence electrons. The Labute approximate surface area is 105 Å². The molecule has 1 aliphatic heterocycles. The molecule has 16 heavy (non-hydrogen) atoms. The first-order chi connectivity index (χ1) is 7.72. The van der Waals surface area contributed by atoms with Crippen molar-refractivity contribution in [3.8, 4) is 0 Å². The van der Waals surface area contributed by atoms with Crippen LogP contribution in [0.1, 0.15) is 17.5 Å². The Bertz CT molecular complexity index is 399. The van der Waals surface area contributed by atoms with E-state index in [0.717, 1.165) is 19.1 Å². The van der Waals surface area contributed by atoms with Crippen LogP contribution in [-0.4, -0.2) is 30.1 Å². The largest absolute Gasteiger partial charge is 0.325 e. The normalized spacial score (nSPS) is 26.2. The number of benzene rings is 1. The SMILES string of the molecule is NC1CN(C2CCc3cc(Br)ccc3C2)C1. The number of likely N-dealkylation sites (tertiary alicyclic amines) is 1. The van der Waals surface area contributed by atoms with E-state index in [1.807, 2.05) is 0 Å². The van der Waals surface area contributed by atoms with E-state index in [1.54, 1.807) is 0 Å². The second-order valence-electron chi connectivity index (χ2n) is 5.02. The highest BCUT2D eigenvalue weighted by Crippen LogP contribution is 2.28. The fraction of sp³-hybridized carbons (Fsp3) is 0.538. The third kappa shape index (κ3) is 1.92. The second-order valence-corrected chi connectivity index (χ2v) is 5.94. The topological polar surface area (TPSA) is 29.3 Å². The maximum atomic E-state index is 5.84. The molecule has 1 unspecified atom stereocenters. The average Bonchev–Trinajstić information content (AvgIpc) is 2.24. The average molecular weight is 281 g/mol. The van der Waals surface area contributed by atoms with Gasteiger partial charge < -0.3 is 5.73 Å². The van der Waals surface area contributed by atoms with Crippen molar-refractivity contribution in [2.75, 3.05) is 13.1 Å². The third-order valence-electron chi connectivity index (χ3n) is 3.83. The first-order valence-corrected chi connectivity index (χ1v) is 6.78. The van der Waals surface area contributed by atoms with Crippen LogP contribution in [0.3, 0.4) is 0 Å². The van der Waals surface area contributed by atoms with Crippen molar-refractivity contribution in [1.82, 2.24) is 4.90 Å². The highest BCUT2D eigenvalue weighted by molar-refractivity contribution is 9.10. The summed E-state index contributed by atoms with van der Waals surface area (Å²) in [5, 5.41) is 0. The van der Waals surface area contributed by atoms with E-state index in [4.69, 9.17) is 5.73 Å². The number of hydrogen-bond acceptors (Lipinski definition) is 2. The standard InChI is InChI=1S/C13H17BrN2/c14-11-3-1-10-6-13(4-2-9(10)5-11)16-7-12(15)8-16/h1,3,5,12-13H,2,4,6-8,15H2. The van der Waals surface area contributed by atoms with E-state index in [0.29, 0.717) is 6.04 Å². The summed E-state index contributed by atoms with van der Waals surface area (Å²) >= 11 is 3.54. The molecule has 2 nitrogen and oxygen atoms in total. The summed E-state index contributed by atoms with van der Waals surface area (Å²) in [6.45, 7) is 2.19. The van der Waals surface area contributed by atoms with Gasteiger partial charge in [-0.3, -0.25) is 4.90 Å². The molecule has 2 aliphatic rings. The third-order valence-corrected chi connectivity index (χ3v) is 4.32. The first-order valence-electron chi connectivity index (χ1n) is 5.99. The molecular weight excluding hydrogens is 264 g/mol. The minimum Gasteiger partial charge on any atom is -0.325 e. The zero-order valence-corrected chi connectivity index (χ0v) is 10.9. The zero-order valence-electron chi connectivity index (χ0n) is 9.32. The summed E-state index contributed by atoms with van der Waals surface area (Å²) in [6, 6.07) is 7.85. The molecule has 0 amide bonds. The molecule has 3 rings (SSSR count). The fourth-order valence-corrected chi connectivity index (χ4v) is 3.27. The molecule has 1 atom stereocenters. The van der Waals surface area contributed by atoms with E-state index in [1.165, 1.54) is 34.9 Å². The maximum Gasteiger partial charge on any atom is 0.0297 e. The van der Waals surface area contributed by atoms with Crippen LogP contribution < -0.4 is 5.73 Å². The molecule has 1 aliphatic carbocycles. The first kappa shape index (κ1) is 10.8. The van der Waals surface area contributed by atoms with Gasteiger partial charge in [-0.25, -0.2) is 0 Å². The molecule has 0 bridgehead atoms. The van der Waals surface area contributed by atoms with Crippen molar-refractivity contribution in [2.45, 2.75) is 31.3 Å². The van der Waals surface area contributed by atoms with Crippen LogP contribution in [0.15, 0.2) is 22.7 Å². The summed E-state index contributed by atoms with van der Waals surface area (Å²) in [4.78, 5) is 2.54. The van der Waals surface area contributed by atoms with Gasteiger partial charge in [-0.15, -0.1) is 0 Å². The van der Waals surface area contributed by atoms with Crippen LogP contribution in [0.4, 0.5) is 0 Å². The van der Waals surface area contributed by atoms with Gasteiger partial charge in [0, 0.05) is 29.6 Å². The molecule has 0 radical (unpaired) electrons. The summed E-state index contributed by atoms with van der Waals surface area (Å²) in [5.74, 6) is 0. The number of halogens is 1. The molecule has 1 aromatic carbocycles. The van der Waals surface area contributed by atoms with Gasteiger partial charge in [0.15, 0.2) is 0 Å². The van der Waals surface area contributed by atoms with E-state index < -0.39 is 0 Å². The highest BCUT2D eigenvalue weighted by Gasteiger charge is 2.31. The van der Waals surface area contributed by atoms with Gasteiger partial charge in [0.1, 0.15) is 0 Å². The van der Waals surface area contributed by atoms with Gasteiger partial charge in [-0.1, -0.05) is 22.0 Å². The van der Waals surface area contributed by atoms with Crippen LogP contribution in [0.2, 0.25) is 0 Å². The lowest BCUT2D eigenvalue weighted by atomic mass is 9.86. The highest BCUT2D eigenvalue weighted by atomic mass is 79.9. The number of nitrogens with zero attached hydrogens (tertiary/aromatic N) is 1. The Morgan fingerprint density at radius 1 is 1.25 bits per heavy atom. The van der Waals surface area contributed by atoms with E-state index in [2.05, 4.69) is 39.0 Å². The van der Waals surface area contributed by atoms with Crippen molar-refractivity contribution in [3.63, 3.8) is 0 Å². The molecule has 1 saturated heterocycles. The lowest BCUT2D eigenvalue weighted by molar-refractivity contribution is 0.0853. The monoisotopic (exact) mass is 280 g/mol. The Morgan fingerprint density at radius 3 is 2.81 bits per heavy atom. The molecule has 1 heterocycles. The lowest BCUT2D eigenvalue weighted by Gasteiger charge is -2.44. The molecule has 0 aromatic heterocycles. The molecule has 3 heteroatoms. The zero-order chi connectivity index (χ0) is 11.1. The van der Waals surface area contributed by atoms with E-state index >= 15 is 0 Å². The van der Waals surface area contributed by atoms with Crippen molar-refractivity contribution in [1.29, 1.82) is 0 Å². The van der Waals surface area contributed by atoms with Gasteiger partial charge in [-0.05, 0) is 42.5 Å². The quantitative estimate of drug-likeness (QED) is 0.852. The fourth-order valence-electron chi connectivity index (χ4n) is 2.86. The van der Waals surface area contributed by atoms with Gasteiger partial charge >= 0.3 is 0 Å². The molecule has 1 aromatic rings. The van der Waals surface area contributed by atoms with E-state index in [9.17, 15) is 0 Å². The van der Waals surface area contributed by atoms with Crippen LogP contribution in [0, 0.1) is 0 Å². The molecular formula is C13H17BrN2. The van der Waals surface area contributed by atoms with Crippen LogP contribution in [0.5, 0.6) is 0 Å². The predicted molar refractivity (Wildman–Crippen MR) is 69.5 cm³/mol. The van der Waals surface area contributed by atoms with Gasteiger partial charge in [0.2, 0.25) is 0 Å². The number of hydrogen-bond donors (Lipinski definition) is 1. The van der Waals surface area contributed by atoms with Crippen molar-refractivity contribution in [2.24, 2.45) is 5.73 Å². The Morgan fingerprint density at radius 2 is 2.06 bits per heavy atom. The van der Waals surface area contributed by atoms with Crippen molar-refractivity contribution in [3.05, 3.63) is 33.8 Å².